The summed E-state index contributed by atoms with van der Waals surface area (Å²) in [5.74, 6) is 0.411. The van der Waals surface area contributed by atoms with Gasteiger partial charge in [-0.05, 0) is 59.6 Å². The van der Waals surface area contributed by atoms with Crippen LogP contribution in [0.4, 0.5) is 5.69 Å². The zero-order valence-corrected chi connectivity index (χ0v) is 17.4. The Balaban J connectivity index is 1.96. The number of non-ortho nitro benzene ring substituents is 1. The Morgan fingerprint density at radius 2 is 2.03 bits per heavy atom. The van der Waals surface area contributed by atoms with Gasteiger partial charge in [0, 0.05) is 17.7 Å². The van der Waals surface area contributed by atoms with Gasteiger partial charge in [0.1, 0.15) is 0 Å². The molecule has 2 aromatic rings. The van der Waals surface area contributed by atoms with Gasteiger partial charge < -0.3 is 14.2 Å². The van der Waals surface area contributed by atoms with Gasteiger partial charge in [0.25, 0.3) is 5.69 Å². The zero-order valence-electron chi connectivity index (χ0n) is 15.8. The average molecular weight is 461 g/mol. The van der Waals surface area contributed by atoms with E-state index >= 15 is 0 Å². The maximum atomic E-state index is 12.2. The number of carbonyl (C=O) groups is 1. The number of nitro groups is 1. The van der Waals surface area contributed by atoms with E-state index in [9.17, 15) is 14.9 Å². The van der Waals surface area contributed by atoms with Crippen molar-refractivity contribution in [1.29, 1.82) is 0 Å². The number of cyclic esters (lactones) is 1. The molecule has 8 nitrogen and oxygen atoms in total. The summed E-state index contributed by atoms with van der Waals surface area (Å²) in [5.41, 5.74) is 0.933. The van der Waals surface area contributed by atoms with E-state index in [1.54, 1.807) is 24.3 Å². The topological polar surface area (TPSA) is 100 Å². The summed E-state index contributed by atoms with van der Waals surface area (Å²) in [6, 6.07) is 9.21. The van der Waals surface area contributed by atoms with E-state index < -0.39 is 10.9 Å². The third kappa shape index (κ3) is 4.62. The fourth-order valence-corrected chi connectivity index (χ4v) is 3.17. The maximum absolute atomic E-state index is 12.2. The summed E-state index contributed by atoms with van der Waals surface area (Å²) in [4.78, 5) is 26.8. The molecule has 1 aliphatic heterocycles. The maximum Gasteiger partial charge on any atom is 0.363 e. The van der Waals surface area contributed by atoms with E-state index in [0.29, 0.717) is 27.1 Å². The van der Waals surface area contributed by atoms with Crippen molar-refractivity contribution in [1.82, 2.24) is 0 Å². The number of methoxy groups -OCH3 is 1. The first-order valence-electron chi connectivity index (χ1n) is 8.60. The summed E-state index contributed by atoms with van der Waals surface area (Å²) in [6.07, 6.45) is 1.50. The minimum atomic E-state index is -0.649. The van der Waals surface area contributed by atoms with Crippen molar-refractivity contribution < 1.29 is 23.9 Å². The van der Waals surface area contributed by atoms with Gasteiger partial charge in [0.15, 0.2) is 17.2 Å². The van der Waals surface area contributed by atoms with Gasteiger partial charge in [-0.1, -0.05) is 6.07 Å². The van der Waals surface area contributed by atoms with Crippen molar-refractivity contribution in [3.8, 4) is 11.5 Å². The first-order chi connectivity index (χ1) is 13.8. The number of esters is 1. The highest BCUT2D eigenvalue weighted by molar-refractivity contribution is 9.10. The lowest BCUT2D eigenvalue weighted by molar-refractivity contribution is -0.384. The van der Waals surface area contributed by atoms with Gasteiger partial charge in [0.05, 0.1) is 22.6 Å². The molecule has 0 N–H and O–H groups in total. The molecule has 1 aliphatic rings. The summed E-state index contributed by atoms with van der Waals surface area (Å²) in [7, 11) is 1.52. The number of hydrogen-bond acceptors (Lipinski definition) is 7. The predicted molar refractivity (Wildman–Crippen MR) is 110 cm³/mol. The number of nitrogens with zero attached hydrogens (tertiary/aromatic N) is 2. The molecule has 0 aromatic heterocycles. The van der Waals surface area contributed by atoms with Crippen molar-refractivity contribution in [2.24, 2.45) is 4.99 Å². The molecule has 0 aliphatic carbocycles. The normalized spacial score (nSPS) is 14.7. The third-order valence-electron chi connectivity index (χ3n) is 3.83. The number of halogens is 1. The van der Waals surface area contributed by atoms with Crippen LogP contribution in [-0.2, 0) is 9.53 Å². The van der Waals surface area contributed by atoms with Gasteiger partial charge in [-0.2, -0.15) is 0 Å². The lowest BCUT2D eigenvalue weighted by Crippen LogP contribution is -2.07. The molecule has 0 unspecified atom stereocenters. The van der Waals surface area contributed by atoms with Crippen LogP contribution < -0.4 is 9.47 Å². The number of carbonyl (C=O) groups excluding carboxylic acids is 1. The second kappa shape index (κ2) is 8.44. The molecule has 3 rings (SSSR count). The van der Waals surface area contributed by atoms with E-state index in [1.807, 2.05) is 13.8 Å². The molecular weight excluding hydrogens is 444 g/mol. The average Bonchev–Trinajstić information content (AvgIpc) is 3.04. The third-order valence-corrected chi connectivity index (χ3v) is 4.42. The molecule has 0 spiro atoms. The Morgan fingerprint density at radius 1 is 1.28 bits per heavy atom. The molecule has 0 amide bonds. The van der Waals surface area contributed by atoms with Crippen LogP contribution in [0.3, 0.4) is 0 Å². The van der Waals surface area contributed by atoms with Crippen LogP contribution in [0.15, 0.2) is 51.6 Å². The van der Waals surface area contributed by atoms with Crippen molar-refractivity contribution in [2.75, 3.05) is 7.11 Å². The second-order valence-electron chi connectivity index (χ2n) is 6.34. The van der Waals surface area contributed by atoms with E-state index in [2.05, 4.69) is 20.9 Å². The number of ether oxygens (including phenoxy) is 3. The number of hydrogen-bond donors (Lipinski definition) is 0. The van der Waals surface area contributed by atoms with Crippen molar-refractivity contribution in [2.45, 2.75) is 20.0 Å². The van der Waals surface area contributed by atoms with Gasteiger partial charge in [-0.25, -0.2) is 9.79 Å². The molecule has 0 radical (unpaired) electrons. The highest BCUT2D eigenvalue weighted by Crippen LogP contribution is 2.38. The van der Waals surface area contributed by atoms with Gasteiger partial charge in [-0.3, -0.25) is 10.1 Å². The molecule has 0 saturated carbocycles. The highest BCUT2D eigenvalue weighted by atomic mass is 79.9. The minimum absolute atomic E-state index is 0.00995. The number of nitro benzene ring substituents is 1. The Labute approximate surface area is 175 Å². The Kier molecular flexibility index (Phi) is 5.97. The van der Waals surface area contributed by atoms with Gasteiger partial charge in [-0.15, -0.1) is 0 Å². The molecule has 0 bridgehead atoms. The summed E-state index contributed by atoms with van der Waals surface area (Å²) in [6.45, 7) is 3.81. The minimum Gasteiger partial charge on any atom is -0.493 e. The SMILES string of the molecule is COc1cc(/C=C2\N=C(c3cccc([N+](=O)[O-])c3)OC2=O)cc(Br)c1OC(C)C. The molecule has 150 valence electrons. The van der Waals surface area contributed by atoms with Crippen LogP contribution in [0.5, 0.6) is 11.5 Å². The lowest BCUT2D eigenvalue weighted by Gasteiger charge is -2.15. The van der Waals surface area contributed by atoms with Crippen LogP contribution in [-0.4, -0.2) is 30.0 Å². The van der Waals surface area contributed by atoms with Crippen LogP contribution in [0.25, 0.3) is 6.08 Å². The molecule has 0 fully saturated rings. The lowest BCUT2D eigenvalue weighted by atomic mass is 10.1. The summed E-state index contributed by atoms with van der Waals surface area (Å²) in [5, 5.41) is 10.9. The first-order valence-corrected chi connectivity index (χ1v) is 9.39. The Bertz CT molecular complexity index is 1050. The summed E-state index contributed by atoms with van der Waals surface area (Å²) >= 11 is 3.45. The second-order valence-corrected chi connectivity index (χ2v) is 7.20. The highest BCUT2D eigenvalue weighted by Gasteiger charge is 2.25. The van der Waals surface area contributed by atoms with Gasteiger partial charge >= 0.3 is 5.97 Å². The van der Waals surface area contributed by atoms with E-state index in [1.165, 1.54) is 25.3 Å². The van der Waals surface area contributed by atoms with E-state index in [0.717, 1.165) is 0 Å². The number of aliphatic imine (C=N–C) groups is 1. The van der Waals surface area contributed by atoms with Crippen molar-refractivity contribution >= 4 is 39.6 Å². The molecule has 9 heteroatoms. The first kappa shape index (κ1) is 20.5. The van der Waals surface area contributed by atoms with Crippen LogP contribution >= 0.6 is 15.9 Å². The smallest absolute Gasteiger partial charge is 0.363 e. The van der Waals surface area contributed by atoms with Crippen LogP contribution in [0.1, 0.15) is 25.0 Å². The quantitative estimate of drug-likeness (QED) is 0.272. The number of rotatable bonds is 6. The monoisotopic (exact) mass is 460 g/mol. The van der Waals surface area contributed by atoms with Crippen LogP contribution in [0, 0.1) is 10.1 Å². The molecule has 1 heterocycles. The van der Waals surface area contributed by atoms with Crippen molar-refractivity contribution in [3.05, 3.63) is 67.8 Å². The molecular formula is C20H17BrN2O6. The predicted octanol–water partition coefficient (Wildman–Crippen LogP) is 4.50. The standard InChI is InChI=1S/C20H17BrN2O6/c1-11(2)28-18-15(21)7-12(9-17(18)27-3)8-16-20(24)29-19(22-16)13-5-4-6-14(10-13)23(25)26/h4-11H,1-3H3/b16-8-. The Hall–Kier alpha value is -3.20. The fraction of sp³-hybridized carbons (Fsp3) is 0.200. The summed E-state index contributed by atoms with van der Waals surface area (Å²) < 4.78 is 17.0. The van der Waals surface area contributed by atoms with E-state index in [4.69, 9.17) is 14.2 Å². The number of benzene rings is 2. The largest absolute Gasteiger partial charge is 0.493 e. The van der Waals surface area contributed by atoms with Gasteiger partial charge in [0.2, 0.25) is 5.90 Å². The van der Waals surface area contributed by atoms with Crippen molar-refractivity contribution in [3.63, 3.8) is 0 Å². The molecule has 29 heavy (non-hydrogen) atoms. The van der Waals surface area contributed by atoms with E-state index in [-0.39, 0.29) is 23.4 Å². The fourth-order valence-electron chi connectivity index (χ4n) is 2.62. The zero-order chi connectivity index (χ0) is 21.1. The molecule has 0 saturated heterocycles. The molecule has 0 atom stereocenters. The van der Waals surface area contributed by atoms with Crippen LogP contribution in [0.2, 0.25) is 0 Å². The Morgan fingerprint density at radius 3 is 2.69 bits per heavy atom. The molecule has 2 aromatic carbocycles.